The van der Waals surface area contributed by atoms with Gasteiger partial charge >= 0.3 is 0 Å². The number of hydrogen-bond acceptors (Lipinski definition) is 2. The first-order chi connectivity index (χ1) is 7.76. The van der Waals surface area contributed by atoms with Crippen LogP contribution in [0.25, 0.3) is 10.9 Å². The minimum absolute atomic E-state index is 0.637. The second-order valence-corrected chi connectivity index (χ2v) is 4.47. The lowest BCUT2D eigenvalue weighted by Crippen LogP contribution is -2.02. The SMILES string of the molecule is COCCn1cc(C=O)c2cc(Br)ccc21. The predicted molar refractivity (Wildman–Crippen MR) is 66.9 cm³/mol. The van der Waals surface area contributed by atoms with Crippen molar-refractivity contribution >= 4 is 33.1 Å². The monoisotopic (exact) mass is 281 g/mol. The summed E-state index contributed by atoms with van der Waals surface area (Å²) in [7, 11) is 1.67. The fourth-order valence-electron chi connectivity index (χ4n) is 1.77. The molecule has 0 radical (unpaired) electrons. The van der Waals surface area contributed by atoms with Gasteiger partial charge in [-0.05, 0) is 18.2 Å². The summed E-state index contributed by atoms with van der Waals surface area (Å²) in [4.78, 5) is 11.0. The highest BCUT2D eigenvalue weighted by atomic mass is 79.9. The van der Waals surface area contributed by atoms with Crippen molar-refractivity contribution in [2.45, 2.75) is 6.54 Å². The van der Waals surface area contributed by atoms with Gasteiger partial charge in [-0.2, -0.15) is 0 Å². The van der Waals surface area contributed by atoms with E-state index in [-0.39, 0.29) is 0 Å². The highest BCUT2D eigenvalue weighted by Gasteiger charge is 2.07. The van der Waals surface area contributed by atoms with Gasteiger partial charge in [-0.25, -0.2) is 0 Å². The van der Waals surface area contributed by atoms with Gasteiger partial charge in [0.2, 0.25) is 0 Å². The van der Waals surface area contributed by atoms with Gasteiger partial charge in [-0.3, -0.25) is 4.79 Å². The number of benzene rings is 1. The maximum Gasteiger partial charge on any atom is 0.152 e. The summed E-state index contributed by atoms with van der Waals surface area (Å²) in [5.41, 5.74) is 1.77. The lowest BCUT2D eigenvalue weighted by Gasteiger charge is -2.03. The second-order valence-electron chi connectivity index (χ2n) is 3.55. The fraction of sp³-hybridized carbons (Fsp3) is 0.250. The number of ether oxygens (including phenoxy) is 1. The first-order valence-electron chi connectivity index (χ1n) is 4.99. The number of hydrogen-bond donors (Lipinski definition) is 0. The average molecular weight is 282 g/mol. The van der Waals surface area contributed by atoms with Gasteiger partial charge in [0.15, 0.2) is 6.29 Å². The van der Waals surface area contributed by atoms with Crippen molar-refractivity contribution in [2.24, 2.45) is 0 Å². The van der Waals surface area contributed by atoms with Crippen molar-refractivity contribution in [3.05, 3.63) is 34.4 Å². The molecular formula is C12H12BrNO2. The minimum atomic E-state index is 0.637. The Labute approximate surface area is 102 Å². The smallest absolute Gasteiger partial charge is 0.152 e. The molecule has 0 aliphatic heterocycles. The molecule has 0 saturated heterocycles. The van der Waals surface area contributed by atoms with Crippen LogP contribution in [0.2, 0.25) is 0 Å². The first-order valence-corrected chi connectivity index (χ1v) is 5.78. The number of rotatable bonds is 4. The molecule has 3 nitrogen and oxygen atoms in total. The first kappa shape index (κ1) is 11.4. The molecule has 0 spiro atoms. The molecule has 0 amide bonds. The van der Waals surface area contributed by atoms with Crippen LogP contribution in [0.15, 0.2) is 28.9 Å². The van der Waals surface area contributed by atoms with Crippen molar-refractivity contribution in [1.29, 1.82) is 0 Å². The van der Waals surface area contributed by atoms with Gasteiger partial charge < -0.3 is 9.30 Å². The summed E-state index contributed by atoms with van der Waals surface area (Å²) >= 11 is 3.41. The van der Waals surface area contributed by atoms with Gasteiger partial charge in [0.05, 0.1) is 6.61 Å². The van der Waals surface area contributed by atoms with Crippen LogP contribution in [0.5, 0.6) is 0 Å². The van der Waals surface area contributed by atoms with Crippen LogP contribution in [0, 0.1) is 0 Å². The van der Waals surface area contributed by atoms with Crippen LogP contribution < -0.4 is 0 Å². The zero-order valence-corrected chi connectivity index (χ0v) is 10.5. The van der Waals surface area contributed by atoms with E-state index >= 15 is 0 Å². The van der Waals surface area contributed by atoms with Crippen molar-refractivity contribution in [1.82, 2.24) is 4.57 Å². The van der Waals surface area contributed by atoms with Crippen molar-refractivity contribution in [3.8, 4) is 0 Å². The number of carbonyl (C=O) groups is 1. The molecule has 2 rings (SSSR count). The van der Waals surface area contributed by atoms with Gasteiger partial charge in [-0.1, -0.05) is 15.9 Å². The zero-order valence-electron chi connectivity index (χ0n) is 8.94. The van der Waals surface area contributed by atoms with Crippen molar-refractivity contribution in [2.75, 3.05) is 13.7 Å². The van der Waals surface area contributed by atoms with Gasteiger partial charge in [-0.15, -0.1) is 0 Å². The Morgan fingerprint density at radius 3 is 3.00 bits per heavy atom. The third kappa shape index (κ3) is 2.03. The largest absolute Gasteiger partial charge is 0.383 e. The molecule has 0 fully saturated rings. The molecule has 0 unspecified atom stereocenters. The molecule has 2 aromatic rings. The van der Waals surface area contributed by atoms with Crippen LogP contribution in [-0.2, 0) is 11.3 Å². The van der Waals surface area contributed by atoms with E-state index in [1.807, 2.05) is 29.0 Å². The van der Waals surface area contributed by atoms with Crippen LogP contribution in [0.1, 0.15) is 10.4 Å². The van der Waals surface area contributed by atoms with E-state index in [0.29, 0.717) is 12.2 Å². The summed E-state index contributed by atoms with van der Waals surface area (Å²) in [5, 5.41) is 0.973. The van der Waals surface area contributed by atoms with Crippen molar-refractivity contribution in [3.63, 3.8) is 0 Å². The van der Waals surface area contributed by atoms with Crippen LogP contribution in [0.3, 0.4) is 0 Å². The van der Waals surface area contributed by atoms with Crippen LogP contribution >= 0.6 is 15.9 Å². The molecular weight excluding hydrogens is 270 g/mol. The Morgan fingerprint density at radius 1 is 1.50 bits per heavy atom. The Morgan fingerprint density at radius 2 is 2.31 bits per heavy atom. The molecule has 0 atom stereocenters. The summed E-state index contributed by atoms with van der Waals surface area (Å²) in [5.74, 6) is 0. The lowest BCUT2D eigenvalue weighted by molar-refractivity contribution is 0.112. The van der Waals surface area contributed by atoms with E-state index in [1.165, 1.54) is 0 Å². The molecule has 0 aliphatic carbocycles. The normalized spacial score (nSPS) is 10.9. The molecule has 1 aromatic carbocycles. The fourth-order valence-corrected chi connectivity index (χ4v) is 2.13. The number of aldehydes is 1. The minimum Gasteiger partial charge on any atom is -0.383 e. The topological polar surface area (TPSA) is 31.2 Å². The molecule has 16 heavy (non-hydrogen) atoms. The Balaban J connectivity index is 2.54. The van der Waals surface area contributed by atoms with E-state index < -0.39 is 0 Å². The molecule has 1 aromatic heterocycles. The van der Waals surface area contributed by atoms with Crippen LogP contribution in [-0.4, -0.2) is 24.6 Å². The Kier molecular flexibility index (Phi) is 3.41. The average Bonchev–Trinajstić information content (AvgIpc) is 2.63. The predicted octanol–water partition coefficient (Wildman–Crippen LogP) is 2.86. The molecule has 0 N–H and O–H groups in total. The standard InChI is InChI=1S/C12H12BrNO2/c1-16-5-4-14-7-9(8-15)11-6-10(13)2-3-12(11)14/h2-3,6-8H,4-5H2,1H3. The van der Waals surface area contributed by atoms with E-state index in [0.717, 1.165) is 28.2 Å². The van der Waals surface area contributed by atoms with E-state index in [1.54, 1.807) is 7.11 Å². The summed E-state index contributed by atoms with van der Waals surface area (Å²) in [6.45, 7) is 1.39. The van der Waals surface area contributed by atoms with E-state index in [2.05, 4.69) is 15.9 Å². The molecule has 4 heteroatoms. The molecule has 0 bridgehead atoms. The van der Waals surface area contributed by atoms with Crippen molar-refractivity contribution < 1.29 is 9.53 Å². The Hall–Kier alpha value is -1.13. The van der Waals surface area contributed by atoms with Gasteiger partial charge in [0.1, 0.15) is 0 Å². The van der Waals surface area contributed by atoms with Gasteiger partial charge in [0, 0.05) is 40.8 Å². The Bertz CT molecular complexity index is 519. The number of fused-ring (bicyclic) bond motifs is 1. The number of carbonyl (C=O) groups excluding carboxylic acids is 1. The summed E-state index contributed by atoms with van der Waals surface area (Å²) in [6, 6.07) is 5.94. The maximum atomic E-state index is 11.0. The third-order valence-electron chi connectivity index (χ3n) is 2.54. The number of methoxy groups -OCH3 is 1. The maximum absolute atomic E-state index is 11.0. The molecule has 84 valence electrons. The van der Waals surface area contributed by atoms with Crippen LogP contribution in [0.4, 0.5) is 0 Å². The highest BCUT2D eigenvalue weighted by Crippen LogP contribution is 2.24. The molecule has 0 saturated carbocycles. The quantitative estimate of drug-likeness (QED) is 0.807. The number of aromatic nitrogens is 1. The number of nitrogens with zero attached hydrogens (tertiary/aromatic N) is 1. The highest BCUT2D eigenvalue weighted by molar-refractivity contribution is 9.10. The molecule has 0 aliphatic rings. The van der Waals surface area contributed by atoms with Gasteiger partial charge in [0.25, 0.3) is 0 Å². The zero-order chi connectivity index (χ0) is 11.5. The van der Waals surface area contributed by atoms with E-state index in [4.69, 9.17) is 4.74 Å². The second kappa shape index (κ2) is 4.80. The molecule has 1 heterocycles. The van der Waals surface area contributed by atoms with E-state index in [9.17, 15) is 4.79 Å². The summed E-state index contributed by atoms with van der Waals surface area (Å²) in [6.07, 6.45) is 2.75. The lowest BCUT2D eigenvalue weighted by atomic mass is 10.2. The number of halogens is 1. The third-order valence-corrected chi connectivity index (χ3v) is 3.03. The summed E-state index contributed by atoms with van der Waals surface area (Å²) < 4.78 is 8.06.